The van der Waals surface area contributed by atoms with Gasteiger partial charge >= 0.3 is 12.3 Å². The number of halogens is 4. The molecule has 1 aromatic heterocycles. The maximum absolute atomic E-state index is 14.1. The van der Waals surface area contributed by atoms with Gasteiger partial charge in [0.2, 0.25) is 5.95 Å². The fraction of sp³-hybridized carbons (Fsp3) is 0.452. The summed E-state index contributed by atoms with van der Waals surface area (Å²) in [5.74, 6) is -1.48. The highest BCUT2D eigenvalue weighted by Gasteiger charge is 2.35. The van der Waals surface area contributed by atoms with Gasteiger partial charge in [-0.3, -0.25) is 9.69 Å². The molecule has 0 bridgehead atoms. The van der Waals surface area contributed by atoms with Crippen LogP contribution in [0.2, 0.25) is 0 Å². The van der Waals surface area contributed by atoms with Gasteiger partial charge in [0.25, 0.3) is 0 Å². The van der Waals surface area contributed by atoms with E-state index >= 15 is 0 Å². The zero-order valence-electron chi connectivity index (χ0n) is 24.4. The maximum Gasteiger partial charge on any atom is 0.573 e. The molecule has 1 saturated heterocycles. The van der Waals surface area contributed by atoms with Gasteiger partial charge in [-0.15, -0.1) is 13.2 Å². The molecule has 3 aliphatic rings. The van der Waals surface area contributed by atoms with Gasteiger partial charge in [-0.2, -0.15) is 4.98 Å². The number of benzene rings is 2. The molecule has 3 N–H and O–H groups in total. The Morgan fingerprint density at radius 3 is 2.53 bits per heavy atom. The molecule has 2 fully saturated rings. The third-order valence-electron chi connectivity index (χ3n) is 8.48. The van der Waals surface area contributed by atoms with Crippen molar-refractivity contribution >= 4 is 17.7 Å². The number of aliphatic carboxylic acids is 1. The summed E-state index contributed by atoms with van der Waals surface area (Å²) in [4.78, 5) is 24.7. The van der Waals surface area contributed by atoms with Gasteiger partial charge < -0.3 is 30.0 Å². The number of alkyl halides is 3. The second-order valence-corrected chi connectivity index (χ2v) is 11.5. The number of aromatic nitrogens is 2. The minimum absolute atomic E-state index is 0.0400. The van der Waals surface area contributed by atoms with Crippen LogP contribution in [-0.4, -0.2) is 77.7 Å². The number of hydrogen-bond donors (Lipinski definition) is 2. The van der Waals surface area contributed by atoms with Crippen molar-refractivity contribution in [3.05, 3.63) is 58.9 Å². The van der Waals surface area contributed by atoms with Gasteiger partial charge in [0.1, 0.15) is 18.2 Å². The summed E-state index contributed by atoms with van der Waals surface area (Å²) in [5, 5.41) is 9.02. The molecule has 3 aromatic rings. The average molecular weight is 632 g/mol. The molecule has 45 heavy (non-hydrogen) atoms. The van der Waals surface area contributed by atoms with E-state index in [9.17, 15) is 22.4 Å². The maximum atomic E-state index is 14.1. The summed E-state index contributed by atoms with van der Waals surface area (Å²) in [5.41, 5.74) is 10.3. The van der Waals surface area contributed by atoms with E-state index in [1.165, 1.54) is 6.07 Å². The number of nitrogen functional groups attached to an aromatic ring is 1. The molecule has 0 radical (unpaired) electrons. The van der Waals surface area contributed by atoms with Gasteiger partial charge in [0.05, 0.1) is 24.3 Å². The first kappa shape index (κ1) is 30.8. The Labute approximate surface area is 256 Å². The first-order valence-electron chi connectivity index (χ1n) is 14.8. The van der Waals surface area contributed by atoms with E-state index in [0.29, 0.717) is 37.2 Å². The van der Waals surface area contributed by atoms with Crippen LogP contribution in [-0.2, 0) is 29.0 Å². The van der Waals surface area contributed by atoms with E-state index in [-0.39, 0.29) is 24.6 Å². The Hall–Kier alpha value is -4.17. The monoisotopic (exact) mass is 631 g/mol. The number of fused-ring (bicyclic) bond motifs is 3. The largest absolute Gasteiger partial charge is 0.573 e. The lowest BCUT2D eigenvalue weighted by molar-refractivity contribution is -0.275. The van der Waals surface area contributed by atoms with Crippen molar-refractivity contribution < 1.29 is 41.7 Å². The van der Waals surface area contributed by atoms with Crippen LogP contribution in [0.25, 0.3) is 11.3 Å². The van der Waals surface area contributed by atoms with E-state index in [2.05, 4.69) is 24.5 Å². The van der Waals surface area contributed by atoms with Crippen LogP contribution < -0.4 is 20.1 Å². The first-order chi connectivity index (χ1) is 21.5. The number of nitrogens with two attached hydrogens (primary N) is 1. The molecule has 14 heteroatoms. The number of rotatable bonds is 10. The lowest BCUT2D eigenvalue weighted by Crippen LogP contribution is -2.48. The summed E-state index contributed by atoms with van der Waals surface area (Å²) < 4.78 is 66.7. The number of carboxylic acids is 1. The predicted octanol–water partition coefficient (Wildman–Crippen LogP) is 4.44. The van der Waals surface area contributed by atoms with E-state index in [4.69, 9.17) is 20.3 Å². The quantitative estimate of drug-likeness (QED) is 0.311. The second-order valence-electron chi connectivity index (χ2n) is 11.5. The number of aryl methyl sites for hydroxylation is 1. The minimum atomic E-state index is -4.98. The summed E-state index contributed by atoms with van der Waals surface area (Å²) in [6, 6.07) is 8.77. The Bertz CT molecular complexity index is 1560. The molecule has 10 nitrogen and oxygen atoms in total. The summed E-state index contributed by atoms with van der Waals surface area (Å²) in [6.07, 6.45) is -2.33. The van der Waals surface area contributed by atoms with Crippen molar-refractivity contribution in [1.82, 2.24) is 14.9 Å². The van der Waals surface area contributed by atoms with Crippen molar-refractivity contribution in [2.45, 2.75) is 44.8 Å². The highest BCUT2D eigenvalue weighted by molar-refractivity contribution is 5.76. The zero-order valence-corrected chi connectivity index (χ0v) is 24.4. The Balaban J connectivity index is 1.06. The second kappa shape index (κ2) is 12.7. The van der Waals surface area contributed by atoms with E-state index < -0.39 is 23.9 Å². The van der Waals surface area contributed by atoms with Crippen LogP contribution in [0.1, 0.15) is 29.5 Å². The first-order valence-corrected chi connectivity index (χ1v) is 14.8. The Morgan fingerprint density at radius 2 is 1.82 bits per heavy atom. The molecule has 0 spiro atoms. The van der Waals surface area contributed by atoms with Crippen molar-refractivity contribution in [3.63, 3.8) is 0 Å². The Kier molecular flexibility index (Phi) is 8.69. The van der Waals surface area contributed by atoms with Crippen LogP contribution in [0.4, 0.5) is 29.3 Å². The SMILES string of the molecule is Nc1nc2c(c(N3CCN(CCOC4CC(C(=O)O)C4)CC3)n1)CCc1cc(OCc3ccc(OC(F)(F)F)c(F)c3)ccc1-2. The third-order valence-corrected chi connectivity index (χ3v) is 8.48. The molecule has 2 aliphatic carbocycles. The summed E-state index contributed by atoms with van der Waals surface area (Å²) >= 11 is 0. The van der Waals surface area contributed by atoms with Crippen LogP contribution in [0.3, 0.4) is 0 Å². The van der Waals surface area contributed by atoms with Crippen molar-refractivity contribution in [1.29, 1.82) is 0 Å². The van der Waals surface area contributed by atoms with Gasteiger partial charge in [-0.25, -0.2) is 9.37 Å². The summed E-state index contributed by atoms with van der Waals surface area (Å²) in [7, 11) is 0. The zero-order chi connectivity index (χ0) is 31.7. The van der Waals surface area contributed by atoms with Crippen LogP contribution in [0.15, 0.2) is 36.4 Å². The number of ether oxygens (including phenoxy) is 3. The standard InChI is InChI=1S/C31H33F4N5O5/c32-25-13-18(1-6-26(25)45-31(33,34)35)17-44-21-3-5-23-19(14-21)2-4-24-27(23)37-30(36)38-28(24)40-9-7-39(8-10-40)11-12-43-22-15-20(16-22)29(41)42/h1,3,5-6,13-14,20,22H,2,4,7-12,15-17H2,(H,41,42)(H2,36,37,38). The predicted molar refractivity (Wildman–Crippen MR) is 155 cm³/mol. The molecule has 6 rings (SSSR count). The molecule has 0 atom stereocenters. The molecular formula is C31H33F4N5O5. The molecule has 0 amide bonds. The topological polar surface area (TPSA) is 123 Å². The smallest absolute Gasteiger partial charge is 0.489 e. The molecule has 1 saturated carbocycles. The van der Waals surface area contributed by atoms with Crippen LogP contribution >= 0.6 is 0 Å². The number of anilines is 2. The lowest BCUT2D eigenvalue weighted by atomic mass is 9.82. The van der Waals surface area contributed by atoms with Crippen LogP contribution in [0.5, 0.6) is 11.5 Å². The molecular weight excluding hydrogens is 598 g/mol. The molecule has 2 aromatic carbocycles. The number of carboxylic acid groups (broad SMARTS) is 1. The minimum Gasteiger partial charge on any atom is -0.489 e. The normalized spacial score (nSPS) is 19.8. The highest BCUT2D eigenvalue weighted by atomic mass is 19.4. The fourth-order valence-electron chi connectivity index (χ4n) is 6.00. The molecule has 1 aliphatic heterocycles. The number of nitrogens with zero attached hydrogens (tertiary/aromatic N) is 4. The number of hydrogen-bond acceptors (Lipinski definition) is 9. The van der Waals surface area contributed by atoms with E-state index in [1.807, 2.05) is 12.1 Å². The van der Waals surface area contributed by atoms with Gasteiger partial charge in [-0.05, 0) is 67.1 Å². The lowest BCUT2D eigenvalue weighted by Gasteiger charge is -2.38. The summed E-state index contributed by atoms with van der Waals surface area (Å²) in [6.45, 7) is 4.55. The van der Waals surface area contributed by atoms with Crippen molar-refractivity contribution in [2.75, 3.05) is 50.0 Å². The van der Waals surface area contributed by atoms with E-state index in [1.54, 1.807) is 6.07 Å². The third kappa shape index (κ3) is 7.22. The molecule has 2 heterocycles. The Morgan fingerprint density at radius 1 is 1.04 bits per heavy atom. The molecule has 240 valence electrons. The molecule has 0 unspecified atom stereocenters. The fourth-order valence-corrected chi connectivity index (χ4v) is 6.00. The van der Waals surface area contributed by atoms with Gasteiger partial charge in [-0.1, -0.05) is 6.07 Å². The van der Waals surface area contributed by atoms with Gasteiger partial charge in [0.15, 0.2) is 11.6 Å². The number of carbonyl (C=O) groups is 1. The number of piperazine rings is 1. The van der Waals surface area contributed by atoms with Crippen LogP contribution in [0, 0.1) is 11.7 Å². The average Bonchev–Trinajstić information content (AvgIpc) is 2.97. The van der Waals surface area contributed by atoms with Gasteiger partial charge in [0, 0.05) is 43.9 Å². The van der Waals surface area contributed by atoms with Crippen molar-refractivity contribution in [3.8, 4) is 22.8 Å². The highest BCUT2D eigenvalue weighted by Crippen LogP contribution is 2.39. The van der Waals surface area contributed by atoms with Crippen molar-refractivity contribution in [2.24, 2.45) is 5.92 Å². The van der Waals surface area contributed by atoms with E-state index in [0.717, 1.165) is 79.5 Å².